The molecule has 0 bridgehead atoms. The van der Waals surface area contributed by atoms with Crippen molar-refractivity contribution in [3.63, 3.8) is 0 Å². The molecule has 0 fully saturated rings. The first-order chi connectivity index (χ1) is 9.61. The average Bonchev–Trinajstić information content (AvgIpc) is 2.46. The van der Waals surface area contributed by atoms with Crippen molar-refractivity contribution in [2.45, 2.75) is 0 Å². The van der Waals surface area contributed by atoms with E-state index < -0.39 is 0 Å². The zero-order chi connectivity index (χ0) is 14.5. The van der Waals surface area contributed by atoms with Crippen LogP contribution < -0.4 is 4.74 Å². The summed E-state index contributed by atoms with van der Waals surface area (Å²) < 4.78 is 4.97. The number of carbonyl (C=O) groups is 1. The van der Waals surface area contributed by atoms with Crippen molar-refractivity contribution in [2.75, 3.05) is 7.11 Å². The Morgan fingerprint density at radius 1 is 1.25 bits per heavy atom. The number of allylic oxidation sites excluding steroid dienone is 1. The summed E-state index contributed by atoms with van der Waals surface area (Å²) in [6.45, 7) is 0. The van der Waals surface area contributed by atoms with E-state index in [0.717, 1.165) is 5.56 Å². The Hall–Kier alpha value is -2.26. The lowest BCUT2D eigenvalue weighted by molar-refractivity contribution is 0.104. The molecule has 1 N–H and O–H groups in total. The average molecular weight is 289 g/mol. The SMILES string of the molecule is COc1cc(C(=O)C=Cc2ccccc2Cl)ccc1O. The predicted octanol–water partition coefficient (Wildman–Crippen LogP) is 3.95. The summed E-state index contributed by atoms with van der Waals surface area (Å²) in [5.74, 6) is 0.0735. The lowest BCUT2D eigenvalue weighted by Crippen LogP contribution is -1.95. The van der Waals surface area contributed by atoms with Gasteiger partial charge in [0.25, 0.3) is 0 Å². The second-order valence-electron chi connectivity index (χ2n) is 4.11. The molecule has 0 radical (unpaired) electrons. The molecule has 0 unspecified atom stereocenters. The van der Waals surface area contributed by atoms with Gasteiger partial charge in [-0.1, -0.05) is 29.8 Å². The number of rotatable bonds is 4. The summed E-state index contributed by atoms with van der Waals surface area (Å²) in [5.41, 5.74) is 1.20. The Kier molecular flexibility index (Phi) is 4.43. The first-order valence-corrected chi connectivity index (χ1v) is 6.33. The second kappa shape index (κ2) is 6.26. The molecule has 0 atom stereocenters. The molecular weight excluding hydrogens is 276 g/mol. The van der Waals surface area contributed by atoms with Crippen LogP contribution >= 0.6 is 11.6 Å². The fraction of sp³-hybridized carbons (Fsp3) is 0.0625. The van der Waals surface area contributed by atoms with Gasteiger partial charge < -0.3 is 9.84 Å². The number of ketones is 1. The molecule has 2 aromatic rings. The number of methoxy groups -OCH3 is 1. The van der Waals surface area contributed by atoms with Crippen LogP contribution in [0.3, 0.4) is 0 Å². The van der Waals surface area contributed by atoms with Crippen molar-refractivity contribution >= 4 is 23.5 Å². The molecule has 0 saturated heterocycles. The van der Waals surface area contributed by atoms with Crippen molar-refractivity contribution in [2.24, 2.45) is 0 Å². The van der Waals surface area contributed by atoms with Crippen LogP contribution in [0.1, 0.15) is 15.9 Å². The minimum Gasteiger partial charge on any atom is -0.504 e. The van der Waals surface area contributed by atoms with Gasteiger partial charge in [-0.3, -0.25) is 4.79 Å². The van der Waals surface area contributed by atoms with E-state index in [1.54, 1.807) is 12.1 Å². The quantitative estimate of drug-likeness (QED) is 0.684. The molecule has 0 saturated carbocycles. The molecule has 102 valence electrons. The van der Waals surface area contributed by atoms with Crippen LogP contribution in [0.5, 0.6) is 11.5 Å². The zero-order valence-electron chi connectivity index (χ0n) is 10.8. The number of phenolic OH excluding ortho intramolecular Hbond substituents is 1. The van der Waals surface area contributed by atoms with Gasteiger partial charge in [0.15, 0.2) is 17.3 Å². The third-order valence-electron chi connectivity index (χ3n) is 2.78. The van der Waals surface area contributed by atoms with Crippen LogP contribution in [0.4, 0.5) is 0 Å². The number of hydrogen-bond donors (Lipinski definition) is 1. The Morgan fingerprint density at radius 3 is 2.70 bits per heavy atom. The summed E-state index contributed by atoms with van der Waals surface area (Å²) >= 11 is 6.01. The molecule has 0 aliphatic carbocycles. The lowest BCUT2D eigenvalue weighted by atomic mass is 10.1. The van der Waals surface area contributed by atoms with Crippen LogP contribution in [0.2, 0.25) is 5.02 Å². The van der Waals surface area contributed by atoms with E-state index in [2.05, 4.69) is 0 Å². The third kappa shape index (κ3) is 3.19. The van der Waals surface area contributed by atoms with Crippen LogP contribution in [-0.2, 0) is 0 Å². The van der Waals surface area contributed by atoms with Crippen LogP contribution in [0, 0.1) is 0 Å². The molecule has 0 aliphatic rings. The minimum atomic E-state index is -0.191. The third-order valence-corrected chi connectivity index (χ3v) is 3.13. The summed E-state index contributed by atoms with van der Waals surface area (Å²) in [5, 5.41) is 10.1. The molecule has 0 spiro atoms. The van der Waals surface area contributed by atoms with Crippen molar-refractivity contribution < 1.29 is 14.6 Å². The van der Waals surface area contributed by atoms with E-state index in [0.29, 0.717) is 10.6 Å². The molecule has 3 nitrogen and oxygen atoms in total. The van der Waals surface area contributed by atoms with Crippen molar-refractivity contribution in [1.29, 1.82) is 0 Å². The van der Waals surface area contributed by atoms with Gasteiger partial charge in [0.1, 0.15) is 0 Å². The van der Waals surface area contributed by atoms with Gasteiger partial charge in [-0.15, -0.1) is 0 Å². The highest BCUT2D eigenvalue weighted by Gasteiger charge is 2.07. The highest BCUT2D eigenvalue weighted by molar-refractivity contribution is 6.32. The van der Waals surface area contributed by atoms with E-state index in [4.69, 9.17) is 16.3 Å². The number of halogens is 1. The normalized spacial score (nSPS) is 10.7. The van der Waals surface area contributed by atoms with E-state index >= 15 is 0 Å². The maximum absolute atomic E-state index is 12.0. The molecule has 2 rings (SSSR count). The lowest BCUT2D eigenvalue weighted by Gasteiger charge is -2.04. The van der Waals surface area contributed by atoms with Gasteiger partial charge >= 0.3 is 0 Å². The number of benzene rings is 2. The van der Waals surface area contributed by atoms with Crippen LogP contribution in [0.15, 0.2) is 48.5 Å². The standard InChI is InChI=1S/C16H13ClO3/c1-20-16-10-12(7-9-15(16)19)14(18)8-6-11-4-2-3-5-13(11)17/h2-10,19H,1H3. The summed E-state index contributed by atoms with van der Waals surface area (Å²) in [7, 11) is 1.43. The fourth-order valence-corrected chi connectivity index (χ4v) is 1.90. The highest BCUT2D eigenvalue weighted by Crippen LogP contribution is 2.26. The topological polar surface area (TPSA) is 46.5 Å². The van der Waals surface area contributed by atoms with Gasteiger partial charge in [0, 0.05) is 10.6 Å². The smallest absolute Gasteiger partial charge is 0.185 e. The van der Waals surface area contributed by atoms with E-state index in [-0.39, 0.29) is 17.3 Å². The number of aromatic hydroxyl groups is 1. The molecule has 2 aromatic carbocycles. The van der Waals surface area contributed by atoms with Gasteiger partial charge in [-0.25, -0.2) is 0 Å². The van der Waals surface area contributed by atoms with Gasteiger partial charge in [0.05, 0.1) is 7.11 Å². The molecule has 0 heterocycles. The van der Waals surface area contributed by atoms with Crippen LogP contribution in [0.25, 0.3) is 6.08 Å². The molecule has 0 aromatic heterocycles. The van der Waals surface area contributed by atoms with Crippen molar-refractivity contribution in [1.82, 2.24) is 0 Å². The Morgan fingerprint density at radius 2 is 2.00 bits per heavy atom. The minimum absolute atomic E-state index is 0.000802. The second-order valence-corrected chi connectivity index (χ2v) is 4.51. The maximum Gasteiger partial charge on any atom is 0.185 e. The molecule has 0 aliphatic heterocycles. The Balaban J connectivity index is 2.22. The molecule has 20 heavy (non-hydrogen) atoms. The Labute approximate surface area is 122 Å². The molecule has 0 amide bonds. The summed E-state index contributed by atoms with van der Waals surface area (Å²) in [4.78, 5) is 12.0. The maximum atomic E-state index is 12.0. The van der Waals surface area contributed by atoms with E-state index in [9.17, 15) is 9.90 Å². The Bertz CT molecular complexity index is 663. The summed E-state index contributed by atoms with van der Waals surface area (Å²) in [6, 6.07) is 11.7. The number of ether oxygens (including phenoxy) is 1. The van der Waals surface area contributed by atoms with Crippen molar-refractivity contribution in [3.8, 4) is 11.5 Å². The van der Waals surface area contributed by atoms with Gasteiger partial charge in [-0.2, -0.15) is 0 Å². The number of carbonyl (C=O) groups excluding carboxylic acids is 1. The monoisotopic (exact) mass is 288 g/mol. The fourth-order valence-electron chi connectivity index (χ4n) is 1.70. The zero-order valence-corrected chi connectivity index (χ0v) is 11.6. The number of phenols is 1. The number of hydrogen-bond acceptors (Lipinski definition) is 3. The largest absolute Gasteiger partial charge is 0.504 e. The van der Waals surface area contributed by atoms with Crippen LogP contribution in [-0.4, -0.2) is 18.0 Å². The van der Waals surface area contributed by atoms with E-state index in [1.807, 2.05) is 18.2 Å². The van der Waals surface area contributed by atoms with Crippen molar-refractivity contribution in [3.05, 3.63) is 64.7 Å². The molecular formula is C16H13ClO3. The van der Waals surface area contributed by atoms with Gasteiger partial charge in [-0.05, 0) is 42.0 Å². The highest BCUT2D eigenvalue weighted by atomic mass is 35.5. The molecule has 4 heteroatoms. The summed E-state index contributed by atoms with van der Waals surface area (Å²) in [6.07, 6.45) is 3.09. The van der Waals surface area contributed by atoms with E-state index in [1.165, 1.54) is 31.4 Å². The first-order valence-electron chi connectivity index (χ1n) is 5.96. The first kappa shape index (κ1) is 14.2. The predicted molar refractivity (Wildman–Crippen MR) is 79.5 cm³/mol. The van der Waals surface area contributed by atoms with Gasteiger partial charge in [0.2, 0.25) is 0 Å².